The van der Waals surface area contributed by atoms with E-state index < -0.39 is 9.84 Å². The molecule has 1 aliphatic rings. The van der Waals surface area contributed by atoms with Crippen molar-refractivity contribution in [2.45, 2.75) is 11.5 Å². The van der Waals surface area contributed by atoms with E-state index in [9.17, 15) is 13.2 Å². The van der Waals surface area contributed by atoms with Crippen molar-refractivity contribution in [1.29, 1.82) is 0 Å². The fourth-order valence-corrected chi connectivity index (χ4v) is 3.55. The molecular weight excluding hydrogens is 240 g/mol. The van der Waals surface area contributed by atoms with Gasteiger partial charge in [0.05, 0.1) is 28.5 Å². The molecule has 1 N–H and O–H groups in total. The van der Waals surface area contributed by atoms with Gasteiger partial charge in [0.2, 0.25) is 0 Å². The van der Waals surface area contributed by atoms with Gasteiger partial charge >= 0.3 is 0 Å². The topological polar surface area (TPSA) is 71.9 Å². The van der Waals surface area contributed by atoms with Crippen LogP contribution in [0.2, 0.25) is 0 Å². The van der Waals surface area contributed by atoms with Gasteiger partial charge in [-0.05, 0) is 12.1 Å². The Labute approximate surface area is 97.6 Å². The Morgan fingerprint density at radius 2 is 1.82 bits per heavy atom. The average Bonchev–Trinajstić information content (AvgIpc) is 2.75. The van der Waals surface area contributed by atoms with E-state index in [0.717, 1.165) is 0 Å². The van der Waals surface area contributed by atoms with Gasteiger partial charge in [0.1, 0.15) is 0 Å². The van der Waals surface area contributed by atoms with Gasteiger partial charge in [0, 0.05) is 0 Å². The van der Waals surface area contributed by atoms with E-state index >= 15 is 0 Å². The standard InChI is InChI=1S/C11H10N2O3S/c14-11-9-6-17(15,16)7-10(9)12-13(11)8-4-2-1-3-5-8/h1-5,12H,6-7H2. The third-order valence-corrected chi connectivity index (χ3v) is 4.27. The summed E-state index contributed by atoms with van der Waals surface area (Å²) < 4.78 is 24.1. The predicted molar refractivity (Wildman–Crippen MR) is 62.7 cm³/mol. The molecule has 0 bridgehead atoms. The molecule has 6 heteroatoms. The number of aromatic amines is 1. The normalized spacial score (nSPS) is 16.9. The minimum Gasteiger partial charge on any atom is -0.294 e. The van der Waals surface area contributed by atoms with Crippen LogP contribution in [-0.2, 0) is 21.3 Å². The number of sulfone groups is 1. The van der Waals surface area contributed by atoms with Crippen molar-refractivity contribution < 1.29 is 8.42 Å². The second-order valence-corrected chi connectivity index (χ2v) is 6.14. The Morgan fingerprint density at radius 1 is 1.12 bits per heavy atom. The predicted octanol–water partition coefficient (Wildman–Crippen LogP) is 0.594. The van der Waals surface area contributed by atoms with Gasteiger partial charge < -0.3 is 0 Å². The van der Waals surface area contributed by atoms with Crippen molar-refractivity contribution in [3.63, 3.8) is 0 Å². The summed E-state index contributed by atoms with van der Waals surface area (Å²) in [5.41, 5.74) is 1.32. The van der Waals surface area contributed by atoms with Crippen molar-refractivity contribution in [2.24, 2.45) is 0 Å². The summed E-state index contributed by atoms with van der Waals surface area (Å²) >= 11 is 0. The van der Waals surface area contributed by atoms with E-state index in [-0.39, 0.29) is 17.1 Å². The molecule has 0 saturated carbocycles. The van der Waals surface area contributed by atoms with Crippen LogP contribution in [-0.4, -0.2) is 18.2 Å². The van der Waals surface area contributed by atoms with Crippen LogP contribution in [0.3, 0.4) is 0 Å². The lowest BCUT2D eigenvalue weighted by Gasteiger charge is -2.01. The molecule has 2 aromatic rings. The largest absolute Gasteiger partial charge is 0.294 e. The molecule has 0 radical (unpaired) electrons. The molecule has 88 valence electrons. The smallest absolute Gasteiger partial charge is 0.275 e. The molecule has 1 aromatic carbocycles. The van der Waals surface area contributed by atoms with Crippen LogP contribution in [0.15, 0.2) is 35.1 Å². The molecule has 5 nitrogen and oxygen atoms in total. The lowest BCUT2D eigenvalue weighted by molar-refractivity contribution is 0.596. The summed E-state index contributed by atoms with van der Waals surface area (Å²) in [6.45, 7) is 0. The fraction of sp³-hybridized carbons (Fsp3) is 0.182. The third kappa shape index (κ3) is 1.61. The quantitative estimate of drug-likeness (QED) is 0.805. The maximum atomic E-state index is 12.0. The van der Waals surface area contributed by atoms with Crippen LogP contribution in [0.4, 0.5) is 0 Å². The van der Waals surface area contributed by atoms with Crippen molar-refractivity contribution in [2.75, 3.05) is 0 Å². The van der Waals surface area contributed by atoms with Crippen LogP contribution in [0.25, 0.3) is 5.69 Å². The zero-order chi connectivity index (χ0) is 12.0. The number of para-hydroxylation sites is 1. The Hall–Kier alpha value is -1.82. The van der Waals surface area contributed by atoms with Crippen LogP contribution >= 0.6 is 0 Å². The Balaban J connectivity index is 2.17. The van der Waals surface area contributed by atoms with Gasteiger partial charge in [0.25, 0.3) is 5.56 Å². The van der Waals surface area contributed by atoms with Gasteiger partial charge in [-0.25, -0.2) is 13.1 Å². The van der Waals surface area contributed by atoms with E-state index in [1.54, 1.807) is 12.1 Å². The molecular formula is C11H10N2O3S. The van der Waals surface area contributed by atoms with E-state index in [1.165, 1.54) is 4.68 Å². The molecule has 2 heterocycles. The number of hydrogen-bond donors (Lipinski definition) is 1. The Kier molecular flexibility index (Phi) is 2.03. The monoisotopic (exact) mass is 250 g/mol. The lowest BCUT2D eigenvalue weighted by Crippen LogP contribution is -2.18. The minimum atomic E-state index is -3.13. The number of hydrogen-bond acceptors (Lipinski definition) is 3. The first-order chi connectivity index (χ1) is 8.07. The average molecular weight is 250 g/mol. The maximum absolute atomic E-state index is 12.0. The van der Waals surface area contributed by atoms with Crippen LogP contribution in [0.1, 0.15) is 11.3 Å². The summed E-state index contributed by atoms with van der Waals surface area (Å²) in [5, 5.41) is 2.86. The fourth-order valence-electron chi connectivity index (χ4n) is 2.04. The first-order valence-electron chi connectivity index (χ1n) is 5.15. The maximum Gasteiger partial charge on any atom is 0.275 e. The number of benzene rings is 1. The van der Waals surface area contributed by atoms with Crippen LogP contribution < -0.4 is 5.56 Å². The number of nitrogens with zero attached hydrogens (tertiary/aromatic N) is 1. The van der Waals surface area contributed by atoms with Gasteiger partial charge in [0.15, 0.2) is 9.84 Å². The van der Waals surface area contributed by atoms with E-state index in [4.69, 9.17) is 0 Å². The van der Waals surface area contributed by atoms with Gasteiger partial charge in [-0.2, -0.15) is 0 Å². The molecule has 0 unspecified atom stereocenters. The van der Waals surface area contributed by atoms with E-state index in [0.29, 0.717) is 16.9 Å². The zero-order valence-corrected chi connectivity index (χ0v) is 9.70. The highest BCUT2D eigenvalue weighted by Crippen LogP contribution is 2.21. The number of nitrogens with one attached hydrogen (secondary N) is 1. The van der Waals surface area contributed by atoms with Crippen molar-refractivity contribution in [3.05, 3.63) is 51.9 Å². The third-order valence-electron chi connectivity index (χ3n) is 2.82. The summed E-state index contributed by atoms with van der Waals surface area (Å²) in [7, 11) is -3.13. The minimum absolute atomic E-state index is 0.0720. The molecule has 17 heavy (non-hydrogen) atoms. The highest BCUT2D eigenvalue weighted by atomic mass is 32.2. The number of fused-ring (bicyclic) bond motifs is 1. The van der Waals surface area contributed by atoms with Crippen molar-refractivity contribution in [1.82, 2.24) is 9.78 Å². The molecule has 0 saturated heterocycles. The Morgan fingerprint density at radius 3 is 2.47 bits per heavy atom. The molecule has 0 amide bonds. The molecule has 0 spiro atoms. The van der Waals surface area contributed by atoms with Crippen LogP contribution in [0.5, 0.6) is 0 Å². The summed E-state index contributed by atoms with van der Waals surface area (Å²) in [5.74, 6) is -0.227. The van der Waals surface area contributed by atoms with E-state index in [1.807, 2.05) is 18.2 Å². The highest BCUT2D eigenvalue weighted by Gasteiger charge is 2.30. The molecule has 0 atom stereocenters. The molecule has 3 rings (SSSR count). The van der Waals surface area contributed by atoms with Gasteiger partial charge in [-0.3, -0.25) is 9.89 Å². The van der Waals surface area contributed by atoms with Crippen LogP contribution in [0, 0.1) is 0 Å². The first kappa shape index (κ1) is 10.3. The summed E-state index contributed by atoms with van der Waals surface area (Å²) in [6.07, 6.45) is 0. The molecule has 0 aliphatic carbocycles. The van der Waals surface area contributed by atoms with Gasteiger partial charge in [-0.15, -0.1) is 0 Å². The van der Waals surface area contributed by atoms with Gasteiger partial charge in [-0.1, -0.05) is 18.2 Å². The molecule has 1 aromatic heterocycles. The first-order valence-corrected chi connectivity index (χ1v) is 6.97. The Bertz CT molecular complexity index is 726. The summed E-state index contributed by atoms with van der Waals surface area (Å²) in [4.78, 5) is 12.0. The SMILES string of the molecule is O=c1c2c([nH]n1-c1ccccc1)CS(=O)(=O)C2. The second kappa shape index (κ2) is 3.33. The van der Waals surface area contributed by atoms with E-state index in [2.05, 4.69) is 5.10 Å². The van der Waals surface area contributed by atoms with Crippen molar-refractivity contribution >= 4 is 9.84 Å². The number of rotatable bonds is 1. The highest BCUT2D eigenvalue weighted by molar-refractivity contribution is 7.90. The lowest BCUT2D eigenvalue weighted by atomic mass is 10.3. The second-order valence-electron chi connectivity index (χ2n) is 4.08. The number of H-pyrrole nitrogens is 1. The zero-order valence-electron chi connectivity index (χ0n) is 8.88. The molecule has 1 aliphatic heterocycles. The summed E-state index contributed by atoms with van der Waals surface area (Å²) in [6, 6.07) is 9.09. The molecule has 0 fully saturated rings. The number of aromatic nitrogens is 2. The van der Waals surface area contributed by atoms with Crippen molar-refractivity contribution in [3.8, 4) is 5.69 Å².